The van der Waals surface area contributed by atoms with Gasteiger partial charge in [0.1, 0.15) is 0 Å². The van der Waals surface area contributed by atoms with E-state index in [1.807, 2.05) is 0 Å². The smallest absolute Gasteiger partial charge is 0.0804 e. The molecular formula is C56H50N2. The summed E-state index contributed by atoms with van der Waals surface area (Å²) in [5, 5.41) is 8.97. The van der Waals surface area contributed by atoms with Crippen LogP contribution in [-0.2, 0) is 6.42 Å². The Morgan fingerprint density at radius 2 is 1.48 bits per heavy atom. The largest absolute Gasteiger partial charge is 0.306 e. The van der Waals surface area contributed by atoms with Crippen LogP contribution in [0.1, 0.15) is 88.1 Å². The van der Waals surface area contributed by atoms with E-state index in [1.54, 1.807) is 0 Å². The van der Waals surface area contributed by atoms with Gasteiger partial charge in [0, 0.05) is 37.5 Å². The van der Waals surface area contributed by atoms with E-state index in [-0.39, 0.29) is 0 Å². The van der Waals surface area contributed by atoms with E-state index in [0.29, 0.717) is 5.92 Å². The van der Waals surface area contributed by atoms with Crippen molar-refractivity contribution in [2.24, 2.45) is 0 Å². The van der Waals surface area contributed by atoms with Gasteiger partial charge in [0.15, 0.2) is 0 Å². The molecule has 284 valence electrons. The molecule has 0 saturated heterocycles. The average Bonchev–Trinajstić information content (AvgIpc) is 3.94. The highest BCUT2D eigenvalue weighted by molar-refractivity contribution is 6.29. The fourth-order valence-corrected chi connectivity index (χ4v) is 10.1. The molecule has 2 heteroatoms. The minimum Gasteiger partial charge on any atom is -0.306 e. The van der Waals surface area contributed by atoms with Crippen LogP contribution in [0.25, 0.3) is 95.5 Å². The minimum atomic E-state index is 0.450. The van der Waals surface area contributed by atoms with Gasteiger partial charge >= 0.3 is 0 Å². The van der Waals surface area contributed by atoms with Crippen molar-refractivity contribution in [3.63, 3.8) is 0 Å². The monoisotopic (exact) mass is 750 g/mol. The maximum absolute atomic E-state index is 4.23. The van der Waals surface area contributed by atoms with Gasteiger partial charge in [-0.15, -0.1) is 0 Å². The molecule has 0 fully saturated rings. The summed E-state index contributed by atoms with van der Waals surface area (Å²) in [6.07, 6.45) is 21.2. The zero-order valence-electron chi connectivity index (χ0n) is 34.6. The van der Waals surface area contributed by atoms with Crippen LogP contribution >= 0.6 is 0 Å². The van der Waals surface area contributed by atoms with Gasteiger partial charge in [-0.2, -0.15) is 0 Å². The van der Waals surface area contributed by atoms with Gasteiger partial charge in [-0.05, 0) is 109 Å². The molecule has 0 unspecified atom stereocenters. The summed E-state index contributed by atoms with van der Waals surface area (Å²) in [4.78, 5) is 0. The van der Waals surface area contributed by atoms with Crippen molar-refractivity contribution in [1.82, 2.24) is 8.80 Å². The summed E-state index contributed by atoms with van der Waals surface area (Å²) < 4.78 is 5.10. The summed E-state index contributed by atoms with van der Waals surface area (Å²) in [6, 6.07) is 34.7. The number of allylic oxidation sites excluding steroid dienone is 7. The zero-order chi connectivity index (χ0) is 39.8. The number of hydrogen-bond acceptors (Lipinski definition) is 0. The lowest BCUT2D eigenvalue weighted by Gasteiger charge is -2.20. The van der Waals surface area contributed by atoms with E-state index in [0.717, 1.165) is 19.3 Å². The maximum Gasteiger partial charge on any atom is 0.0804 e. The van der Waals surface area contributed by atoms with Gasteiger partial charge in [0.25, 0.3) is 0 Å². The van der Waals surface area contributed by atoms with Crippen LogP contribution in [0, 0.1) is 0 Å². The van der Waals surface area contributed by atoms with Gasteiger partial charge in [-0.25, -0.2) is 0 Å². The molecule has 0 amide bonds. The van der Waals surface area contributed by atoms with E-state index in [9.17, 15) is 0 Å². The summed E-state index contributed by atoms with van der Waals surface area (Å²) in [5.74, 6) is 0.450. The molecule has 58 heavy (non-hydrogen) atoms. The molecule has 5 aromatic carbocycles. The van der Waals surface area contributed by atoms with E-state index < -0.39 is 0 Å². The van der Waals surface area contributed by atoms with Crippen molar-refractivity contribution >= 4 is 84.4 Å². The number of hydrogen-bond donors (Lipinski definition) is 0. The second-order valence-electron chi connectivity index (χ2n) is 16.8. The molecule has 0 spiro atoms. The highest BCUT2D eigenvalue weighted by Crippen LogP contribution is 2.44. The van der Waals surface area contributed by atoms with Crippen molar-refractivity contribution in [3.05, 3.63) is 171 Å². The summed E-state index contributed by atoms with van der Waals surface area (Å²) >= 11 is 0. The summed E-state index contributed by atoms with van der Waals surface area (Å²) in [6.45, 7) is 17.5. The highest BCUT2D eigenvalue weighted by Gasteiger charge is 2.25. The van der Waals surface area contributed by atoms with Crippen LogP contribution in [-0.4, -0.2) is 8.80 Å². The molecule has 4 heterocycles. The van der Waals surface area contributed by atoms with Gasteiger partial charge in [0.2, 0.25) is 0 Å². The number of para-hydroxylation sites is 2. The minimum absolute atomic E-state index is 0.450. The van der Waals surface area contributed by atoms with Crippen molar-refractivity contribution in [2.75, 3.05) is 0 Å². The van der Waals surface area contributed by atoms with E-state index in [1.165, 1.54) is 121 Å². The molecule has 1 aliphatic rings. The second kappa shape index (κ2) is 13.9. The molecule has 1 aliphatic carbocycles. The predicted molar refractivity (Wildman–Crippen MR) is 254 cm³/mol. The molecule has 0 atom stereocenters. The molecule has 0 saturated carbocycles. The average molecular weight is 751 g/mol. The summed E-state index contributed by atoms with van der Waals surface area (Å²) in [5.41, 5.74) is 19.6. The highest BCUT2D eigenvalue weighted by atomic mass is 15.0. The number of nitrogens with zero attached hydrogens (tertiary/aromatic N) is 2. The lowest BCUT2D eigenvalue weighted by molar-refractivity contribution is 0.858. The Hall–Kier alpha value is -6.38. The van der Waals surface area contributed by atoms with Crippen molar-refractivity contribution in [3.8, 4) is 11.1 Å². The Morgan fingerprint density at radius 1 is 0.759 bits per heavy atom. The fraction of sp³-hybridized carbons (Fsp3) is 0.179. The molecule has 0 bridgehead atoms. The first kappa shape index (κ1) is 36.0. The van der Waals surface area contributed by atoms with Crippen LogP contribution in [0.2, 0.25) is 0 Å². The van der Waals surface area contributed by atoms with Crippen LogP contribution in [0.3, 0.4) is 0 Å². The first-order chi connectivity index (χ1) is 28.3. The zero-order valence-corrected chi connectivity index (χ0v) is 34.6. The molecule has 0 radical (unpaired) electrons. The molecule has 0 aliphatic heterocycles. The number of aromatic nitrogens is 2. The lowest BCUT2D eigenvalue weighted by atomic mass is 9.85. The van der Waals surface area contributed by atoms with Crippen molar-refractivity contribution in [2.45, 2.75) is 66.7 Å². The predicted octanol–water partition coefficient (Wildman–Crippen LogP) is 14.0. The third kappa shape index (κ3) is 5.46. The third-order valence-electron chi connectivity index (χ3n) is 12.6. The Bertz CT molecular complexity index is 3380. The molecule has 4 aromatic heterocycles. The summed E-state index contributed by atoms with van der Waals surface area (Å²) in [7, 11) is 0. The third-order valence-corrected chi connectivity index (χ3v) is 12.6. The van der Waals surface area contributed by atoms with Crippen LogP contribution < -0.4 is 10.6 Å². The number of rotatable bonds is 8. The van der Waals surface area contributed by atoms with Crippen molar-refractivity contribution in [1.29, 1.82) is 0 Å². The second-order valence-corrected chi connectivity index (χ2v) is 16.8. The first-order valence-corrected chi connectivity index (χ1v) is 21.0. The van der Waals surface area contributed by atoms with Crippen LogP contribution in [0.4, 0.5) is 0 Å². The first-order valence-electron chi connectivity index (χ1n) is 21.0. The van der Waals surface area contributed by atoms with Gasteiger partial charge < -0.3 is 8.80 Å². The molecular weight excluding hydrogens is 701 g/mol. The molecule has 10 rings (SSSR count). The molecule has 2 nitrogen and oxygen atoms in total. The normalized spacial score (nSPS) is 14.8. The molecule has 0 N–H and O–H groups in total. The van der Waals surface area contributed by atoms with E-state index >= 15 is 0 Å². The Kier molecular flexibility index (Phi) is 8.64. The quantitative estimate of drug-likeness (QED) is 0.137. The number of benzene rings is 5. The van der Waals surface area contributed by atoms with E-state index in [2.05, 4.69) is 197 Å². The van der Waals surface area contributed by atoms with Gasteiger partial charge in [-0.3, -0.25) is 0 Å². The van der Waals surface area contributed by atoms with Crippen LogP contribution in [0.15, 0.2) is 133 Å². The standard InChI is InChI=1S/C56H50N2/c1-8-15-38-25-26-39(32-41(38)30-34(3)4)40-27-29-45-47-21-14-23-49-54(47)58(52(45)33-40)56-48-22-13-20-46-44(51(9-2)57(53(46)48)55(49)56)19-12-17-37-24-28-43(50(31-37)35(5)6)42-18-11-10-16-36(42)7/h8-10,12-17,19-29,31-33,35H,3,11,18,30H2,1-2,4-7H3/b15-8?,17-12+,44-19-,51-9+. The van der Waals surface area contributed by atoms with Crippen molar-refractivity contribution < 1.29 is 0 Å². The Labute approximate surface area is 341 Å². The molecule has 9 aromatic rings. The van der Waals surface area contributed by atoms with Gasteiger partial charge in [-0.1, -0.05) is 160 Å². The topological polar surface area (TPSA) is 8.82 Å². The number of fused-ring (bicyclic) bond motifs is 8. The Morgan fingerprint density at radius 3 is 2.22 bits per heavy atom. The van der Waals surface area contributed by atoms with Crippen LogP contribution in [0.5, 0.6) is 0 Å². The van der Waals surface area contributed by atoms with Gasteiger partial charge in [0.05, 0.1) is 27.6 Å². The fourth-order valence-electron chi connectivity index (χ4n) is 10.1. The van der Waals surface area contributed by atoms with E-state index in [4.69, 9.17) is 0 Å². The lowest BCUT2D eigenvalue weighted by Crippen LogP contribution is -2.25. The maximum atomic E-state index is 4.23. The Balaban J connectivity index is 1.15. The SMILES string of the molecule is C=C(C)Cc1cc(-c2ccc3c4cccc5c6c(c7cccc8c(=C/C=C/c9ccc(C%10=C(C)C=CCC%10)c(C(C)C)c9)/c(=C\C)n6c87)n(c3c2)c45)ccc1C=CC.